The Balaban J connectivity index is 1.89. The fourth-order valence-corrected chi connectivity index (χ4v) is 3.25. The van der Waals surface area contributed by atoms with Gasteiger partial charge in [0, 0.05) is 11.6 Å². The molecule has 0 unspecified atom stereocenters. The molecule has 0 bridgehead atoms. The van der Waals surface area contributed by atoms with E-state index in [4.69, 9.17) is 4.98 Å². The van der Waals surface area contributed by atoms with Crippen molar-refractivity contribution in [3.8, 4) is 17.1 Å². The number of nitrogens with zero attached hydrogens (tertiary/aromatic N) is 4. The molecule has 3 aromatic heterocycles. The third-order valence-corrected chi connectivity index (χ3v) is 4.70. The smallest absolute Gasteiger partial charge is 0.165 e. The van der Waals surface area contributed by atoms with Crippen LogP contribution in [-0.2, 0) is 0 Å². The number of phenolic OH excluding ortho intramolecular Hbond substituents is 1. The summed E-state index contributed by atoms with van der Waals surface area (Å²) in [6, 6.07) is 7.93. The van der Waals surface area contributed by atoms with Crippen LogP contribution in [0.2, 0.25) is 0 Å². The SMILES string of the molecule is Cc1nc2ccc(C3CC3)nc2n2c(-c3cc(O)ccc3F)ncc12. The molecular formula is C19H15FN4O. The van der Waals surface area contributed by atoms with Crippen LogP contribution in [0.25, 0.3) is 28.1 Å². The second-order valence-corrected chi connectivity index (χ2v) is 6.52. The van der Waals surface area contributed by atoms with E-state index in [2.05, 4.69) is 9.97 Å². The van der Waals surface area contributed by atoms with Gasteiger partial charge in [0.15, 0.2) is 5.65 Å². The first-order valence-corrected chi connectivity index (χ1v) is 8.25. The van der Waals surface area contributed by atoms with Crippen molar-refractivity contribution in [2.75, 3.05) is 0 Å². The lowest BCUT2D eigenvalue weighted by Crippen LogP contribution is -2.01. The summed E-state index contributed by atoms with van der Waals surface area (Å²) in [4.78, 5) is 13.8. The predicted octanol–water partition coefficient (Wildman–Crippen LogP) is 3.98. The Morgan fingerprint density at radius 2 is 2.00 bits per heavy atom. The highest BCUT2D eigenvalue weighted by Gasteiger charge is 2.26. The van der Waals surface area contributed by atoms with Crippen molar-refractivity contribution in [3.05, 3.63) is 53.7 Å². The lowest BCUT2D eigenvalue weighted by molar-refractivity contribution is 0.473. The highest BCUT2D eigenvalue weighted by atomic mass is 19.1. The van der Waals surface area contributed by atoms with E-state index in [-0.39, 0.29) is 11.3 Å². The van der Waals surface area contributed by atoms with E-state index in [1.165, 1.54) is 18.2 Å². The summed E-state index contributed by atoms with van der Waals surface area (Å²) < 4.78 is 16.2. The van der Waals surface area contributed by atoms with Crippen LogP contribution < -0.4 is 0 Å². The molecule has 0 amide bonds. The number of imidazole rings is 1. The van der Waals surface area contributed by atoms with Gasteiger partial charge >= 0.3 is 0 Å². The van der Waals surface area contributed by atoms with E-state index < -0.39 is 5.82 Å². The van der Waals surface area contributed by atoms with Gasteiger partial charge in [-0.2, -0.15) is 0 Å². The van der Waals surface area contributed by atoms with Gasteiger partial charge in [0.2, 0.25) is 0 Å². The van der Waals surface area contributed by atoms with Crippen LogP contribution in [0.1, 0.15) is 30.1 Å². The molecule has 5 nitrogen and oxygen atoms in total. The van der Waals surface area contributed by atoms with Gasteiger partial charge in [0.25, 0.3) is 0 Å². The molecule has 0 aliphatic heterocycles. The number of rotatable bonds is 2. The van der Waals surface area contributed by atoms with Crippen LogP contribution in [0.5, 0.6) is 5.75 Å². The number of hydrogen-bond acceptors (Lipinski definition) is 4. The van der Waals surface area contributed by atoms with E-state index >= 15 is 0 Å². The molecule has 0 spiro atoms. The largest absolute Gasteiger partial charge is 0.508 e. The second-order valence-electron chi connectivity index (χ2n) is 6.52. The first-order chi connectivity index (χ1) is 12.1. The van der Waals surface area contributed by atoms with Gasteiger partial charge < -0.3 is 5.11 Å². The maximum absolute atomic E-state index is 14.4. The summed E-state index contributed by atoms with van der Waals surface area (Å²) in [5.74, 6) is 0.478. The van der Waals surface area contributed by atoms with E-state index in [0.717, 1.165) is 35.3 Å². The Morgan fingerprint density at radius 1 is 1.16 bits per heavy atom. The van der Waals surface area contributed by atoms with Crippen LogP contribution in [0, 0.1) is 12.7 Å². The molecule has 4 aromatic rings. The van der Waals surface area contributed by atoms with Crippen LogP contribution in [0.3, 0.4) is 0 Å². The number of fused-ring (bicyclic) bond motifs is 3. The molecule has 1 aromatic carbocycles. The highest BCUT2D eigenvalue weighted by molar-refractivity contribution is 5.80. The Kier molecular flexibility index (Phi) is 2.86. The van der Waals surface area contributed by atoms with Gasteiger partial charge in [-0.25, -0.2) is 19.3 Å². The minimum absolute atomic E-state index is 0.00476. The molecular weight excluding hydrogens is 319 g/mol. The molecule has 6 heteroatoms. The number of pyridine rings is 1. The summed E-state index contributed by atoms with van der Waals surface area (Å²) in [6.07, 6.45) is 3.98. The number of halogens is 1. The summed E-state index contributed by atoms with van der Waals surface area (Å²) in [6.45, 7) is 1.90. The first-order valence-electron chi connectivity index (χ1n) is 8.25. The van der Waals surface area contributed by atoms with Crippen molar-refractivity contribution in [2.45, 2.75) is 25.7 Å². The molecule has 0 atom stereocenters. The zero-order chi connectivity index (χ0) is 17.1. The molecule has 124 valence electrons. The number of aromatic nitrogens is 4. The summed E-state index contributed by atoms with van der Waals surface area (Å²) in [5.41, 5.74) is 4.27. The Hall–Kier alpha value is -3.02. The van der Waals surface area contributed by atoms with E-state index in [1.54, 1.807) is 6.20 Å². The van der Waals surface area contributed by atoms with Crippen molar-refractivity contribution in [2.24, 2.45) is 0 Å². The molecule has 25 heavy (non-hydrogen) atoms. The van der Waals surface area contributed by atoms with Gasteiger partial charge in [0.1, 0.15) is 22.9 Å². The zero-order valence-electron chi connectivity index (χ0n) is 13.6. The number of aryl methyl sites for hydroxylation is 1. The van der Waals surface area contributed by atoms with Crippen molar-refractivity contribution in [1.82, 2.24) is 19.4 Å². The first kappa shape index (κ1) is 14.3. The maximum Gasteiger partial charge on any atom is 0.165 e. The minimum atomic E-state index is -0.439. The molecule has 3 heterocycles. The third-order valence-electron chi connectivity index (χ3n) is 4.70. The van der Waals surface area contributed by atoms with Crippen LogP contribution in [-0.4, -0.2) is 24.5 Å². The molecule has 0 radical (unpaired) electrons. The summed E-state index contributed by atoms with van der Waals surface area (Å²) in [7, 11) is 0. The Labute approximate surface area is 142 Å². The molecule has 1 N–H and O–H groups in total. The Morgan fingerprint density at radius 3 is 2.80 bits per heavy atom. The summed E-state index contributed by atoms with van der Waals surface area (Å²) in [5, 5.41) is 9.77. The van der Waals surface area contributed by atoms with Crippen LogP contribution in [0.4, 0.5) is 4.39 Å². The molecule has 1 saturated carbocycles. The summed E-state index contributed by atoms with van der Waals surface area (Å²) >= 11 is 0. The van der Waals surface area contributed by atoms with E-state index in [1.807, 2.05) is 23.5 Å². The average molecular weight is 334 g/mol. The van der Waals surface area contributed by atoms with E-state index in [0.29, 0.717) is 17.4 Å². The molecule has 1 aliphatic carbocycles. The third kappa shape index (κ3) is 2.17. The van der Waals surface area contributed by atoms with Crippen LogP contribution >= 0.6 is 0 Å². The highest BCUT2D eigenvalue weighted by Crippen LogP contribution is 2.39. The zero-order valence-corrected chi connectivity index (χ0v) is 13.6. The Bertz CT molecular complexity index is 1150. The van der Waals surface area contributed by atoms with Gasteiger partial charge in [-0.05, 0) is 50.1 Å². The van der Waals surface area contributed by atoms with Crippen molar-refractivity contribution >= 4 is 16.7 Å². The molecule has 1 aliphatic rings. The molecule has 1 fully saturated rings. The average Bonchev–Trinajstić information content (AvgIpc) is 3.35. The molecule has 5 rings (SSSR count). The number of benzene rings is 1. The van der Waals surface area contributed by atoms with Gasteiger partial charge in [-0.1, -0.05) is 0 Å². The normalized spacial score (nSPS) is 14.5. The number of aromatic hydroxyl groups is 1. The lowest BCUT2D eigenvalue weighted by Gasteiger charge is -2.09. The standard InChI is InChI=1S/C19H15FN4O/c1-10-17-9-21-18(13-8-12(25)4-5-14(13)20)24(17)19-16(22-10)7-6-15(23-19)11-2-3-11/h4-9,11,25H,2-3H2,1H3. The quantitative estimate of drug-likeness (QED) is 0.602. The second kappa shape index (κ2) is 4.99. The van der Waals surface area contributed by atoms with Crippen molar-refractivity contribution in [1.29, 1.82) is 0 Å². The maximum atomic E-state index is 14.4. The van der Waals surface area contributed by atoms with Crippen molar-refractivity contribution in [3.63, 3.8) is 0 Å². The minimum Gasteiger partial charge on any atom is -0.508 e. The van der Waals surface area contributed by atoms with Gasteiger partial charge in [-0.3, -0.25) is 4.40 Å². The fraction of sp³-hybridized carbons (Fsp3) is 0.211. The van der Waals surface area contributed by atoms with Crippen molar-refractivity contribution < 1.29 is 9.50 Å². The number of hydrogen-bond donors (Lipinski definition) is 1. The predicted molar refractivity (Wildman–Crippen MR) is 92.1 cm³/mol. The van der Waals surface area contributed by atoms with Gasteiger partial charge in [-0.15, -0.1) is 0 Å². The topological polar surface area (TPSA) is 63.3 Å². The van der Waals surface area contributed by atoms with Crippen LogP contribution in [0.15, 0.2) is 36.5 Å². The fourth-order valence-electron chi connectivity index (χ4n) is 3.25. The lowest BCUT2D eigenvalue weighted by atomic mass is 10.2. The van der Waals surface area contributed by atoms with Gasteiger partial charge in [0.05, 0.1) is 23.0 Å². The molecule has 0 saturated heterocycles. The van der Waals surface area contributed by atoms with E-state index in [9.17, 15) is 9.50 Å². The monoisotopic (exact) mass is 334 g/mol. The number of phenols is 1.